The molecule has 4 nitrogen and oxygen atoms in total. The zero-order chi connectivity index (χ0) is 14.3. The normalized spacial score (nSPS) is 12.1. The molecule has 0 bridgehead atoms. The highest BCUT2D eigenvalue weighted by molar-refractivity contribution is 9.09. The minimum absolute atomic E-state index is 0.115. The van der Waals surface area contributed by atoms with Crippen LogP contribution in [0.2, 0.25) is 0 Å². The van der Waals surface area contributed by atoms with Crippen molar-refractivity contribution in [2.24, 2.45) is 5.92 Å². The van der Waals surface area contributed by atoms with Crippen molar-refractivity contribution >= 4 is 21.8 Å². The SMILES string of the molecule is CCCC(CCBr)CNC(=O)c1cc(O)cc(O)c1. The summed E-state index contributed by atoms with van der Waals surface area (Å²) < 4.78 is 0. The predicted octanol–water partition coefficient (Wildman–Crippen LogP) is 3.03. The monoisotopic (exact) mass is 329 g/mol. The van der Waals surface area contributed by atoms with Crippen molar-refractivity contribution in [3.05, 3.63) is 23.8 Å². The molecule has 0 aromatic heterocycles. The van der Waals surface area contributed by atoms with Crippen LogP contribution in [0.1, 0.15) is 36.5 Å². The van der Waals surface area contributed by atoms with Gasteiger partial charge in [-0.05, 0) is 30.9 Å². The van der Waals surface area contributed by atoms with Gasteiger partial charge in [0.2, 0.25) is 0 Å². The Bertz CT molecular complexity index is 397. The lowest BCUT2D eigenvalue weighted by Crippen LogP contribution is -2.29. The van der Waals surface area contributed by atoms with E-state index in [1.807, 2.05) is 0 Å². The highest BCUT2D eigenvalue weighted by Gasteiger charge is 2.12. The van der Waals surface area contributed by atoms with Crippen LogP contribution in [0.5, 0.6) is 11.5 Å². The largest absolute Gasteiger partial charge is 0.508 e. The van der Waals surface area contributed by atoms with Gasteiger partial charge in [0.1, 0.15) is 11.5 Å². The van der Waals surface area contributed by atoms with Gasteiger partial charge in [0.25, 0.3) is 5.91 Å². The van der Waals surface area contributed by atoms with Crippen LogP contribution in [-0.4, -0.2) is 28.0 Å². The number of carbonyl (C=O) groups is 1. The average molecular weight is 330 g/mol. The quantitative estimate of drug-likeness (QED) is 0.673. The zero-order valence-corrected chi connectivity index (χ0v) is 12.6. The van der Waals surface area contributed by atoms with Crippen LogP contribution < -0.4 is 5.32 Å². The molecule has 3 N–H and O–H groups in total. The molecule has 0 aliphatic carbocycles. The average Bonchev–Trinajstić information content (AvgIpc) is 2.35. The molecule has 1 aromatic rings. The summed E-state index contributed by atoms with van der Waals surface area (Å²) in [6.07, 6.45) is 3.16. The Morgan fingerprint density at radius 3 is 2.42 bits per heavy atom. The number of hydrogen-bond acceptors (Lipinski definition) is 3. The van der Waals surface area contributed by atoms with Gasteiger partial charge in [-0.1, -0.05) is 29.3 Å². The van der Waals surface area contributed by atoms with Crippen LogP contribution in [0.25, 0.3) is 0 Å². The van der Waals surface area contributed by atoms with Gasteiger partial charge in [-0.25, -0.2) is 0 Å². The van der Waals surface area contributed by atoms with E-state index in [0.29, 0.717) is 12.5 Å². The molecule has 1 amide bonds. The van der Waals surface area contributed by atoms with E-state index < -0.39 is 0 Å². The second-order valence-electron chi connectivity index (χ2n) is 4.58. The third kappa shape index (κ3) is 5.51. The van der Waals surface area contributed by atoms with E-state index in [-0.39, 0.29) is 23.0 Å². The van der Waals surface area contributed by atoms with E-state index >= 15 is 0 Å². The maximum absolute atomic E-state index is 11.9. The number of carbonyl (C=O) groups excluding carboxylic acids is 1. The van der Waals surface area contributed by atoms with Gasteiger partial charge in [-0.2, -0.15) is 0 Å². The first-order valence-corrected chi connectivity index (χ1v) is 7.56. The predicted molar refractivity (Wildman–Crippen MR) is 78.9 cm³/mol. The molecule has 1 atom stereocenters. The van der Waals surface area contributed by atoms with Gasteiger partial charge in [0.15, 0.2) is 0 Å². The number of alkyl halides is 1. The lowest BCUT2D eigenvalue weighted by Gasteiger charge is -2.15. The van der Waals surface area contributed by atoms with Crippen molar-refractivity contribution < 1.29 is 15.0 Å². The summed E-state index contributed by atoms with van der Waals surface area (Å²) in [6.45, 7) is 2.73. The molecule has 0 fully saturated rings. The molecular weight excluding hydrogens is 310 g/mol. The smallest absolute Gasteiger partial charge is 0.251 e. The third-order valence-corrected chi connectivity index (χ3v) is 3.39. The van der Waals surface area contributed by atoms with Crippen molar-refractivity contribution in [1.82, 2.24) is 5.32 Å². The Morgan fingerprint density at radius 2 is 1.89 bits per heavy atom. The minimum Gasteiger partial charge on any atom is -0.508 e. The van der Waals surface area contributed by atoms with E-state index in [1.165, 1.54) is 18.2 Å². The number of phenols is 2. The molecule has 19 heavy (non-hydrogen) atoms. The number of nitrogens with one attached hydrogen (secondary N) is 1. The Labute approximate surface area is 122 Å². The fourth-order valence-corrected chi connectivity index (χ4v) is 2.62. The highest BCUT2D eigenvalue weighted by atomic mass is 79.9. The van der Waals surface area contributed by atoms with Crippen molar-refractivity contribution in [3.63, 3.8) is 0 Å². The molecule has 0 heterocycles. The molecule has 1 aromatic carbocycles. The molecule has 0 spiro atoms. The van der Waals surface area contributed by atoms with Crippen LogP contribution in [-0.2, 0) is 0 Å². The van der Waals surface area contributed by atoms with Crippen molar-refractivity contribution in [2.45, 2.75) is 26.2 Å². The number of benzene rings is 1. The van der Waals surface area contributed by atoms with Crippen LogP contribution in [0, 0.1) is 5.92 Å². The van der Waals surface area contributed by atoms with Crippen molar-refractivity contribution in [3.8, 4) is 11.5 Å². The number of halogens is 1. The van der Waals surface area contributed by atoms with E-state index in [2.05, 4.69) is 28.2 Å². The molecule has 5 heteroatoms. The minimum atomic E-state index is -0.276. The van der Waals surface area contributed by atoms with E-state index in [0.717, 1.165) is 24.6 Å². The first kappa shape index (κ1) is 15.8. The molecule has 0 radical (unpaired) electrons. The molecule has 0 aliphatic rings. The van der Waals surface area contributed by atoms with Gasteiger partial charge < -0.3 is 15.5 Å². The lowest BCUT2D eigenvalue weighted by atomic mass is 10.0. The molecule has 1 unspecified atom stereocenters. The second-order valence-corrected chi connectivity index (χ2v) is 5.37. The Morgan fingerprint density at radius 1 is 1.26 bits per heavy atom. The molecule has 106 valence electrons. The molecule has 1 rings (SSSR count). The molecule has 0 saturated heterocycles. The van der Waals surface area contributed by atoms with Crippen LogP contribution in [0.4, 0.5) is 0 Å². The summed E-state index contributed by atoms with van der Waals surface area (Å²) in [5.41, 5.74) is 0.270. The summed E-state index contributed by atoms with van der Waals surface area (Å²) >= 11 is 3.41. The lowest BCUT2D eigenvalue weighted by molar-refractivity contribution is 0.0945. The number of aromatic hydroxyl groups is 2. The van der Waals surface area contributed by atoms with Gasteiger partial charge in [0, 0.05) is 23.5 Å². The fraction of sp³-hybridized carbons (Fsp3) is 0.500. The number of amides is 1. The maximum atomic E-state index is 11.9. The number of hydrogen-bond donors (Lipinski definition) is 3. The van der Waals surface area contributed by atoms with Crippen molar-refractivity contribution in [2.75, 3.05) is 11.9 Å². The number of rotatable bonds is 7. The van der Waals surface area contributed by atoms with Crippen LogP contribution in [0.3, 0.4) is 0 Å². The van der Waals surface area contributed by atoms with Crippen LogP contribution in [0.15, 0.2) is 18.2 Å². The summed E-state index contributed by atoms with van der Waals surface area (Å²) in [5, 5.41) is 22.4. The maximum Gasteiger partial charge on any atom is 0.251 e. The van der Waals surface area contributed by atoms with E-state index in [4.69, 9.17) is 0 Å². The number of phenolic OH excluding ortho intramolecular Hbond substituents is 2. The Kier molecular flexibility index (Phi) is 6.70. The molecule has 0 aliphatic heterocycles. The van der Waals surface area contributed by atoms with Crippen molar-refractivity contribution in [1.29, 1.82) is 0 Å². The molecular formula is C14H20BrNO3. The van der Waals surface area contributed by atoms with Gasteiger partial charge in [-0.15, -0.1) is 0 Å². The van der Waals surface area contributed by atoms with E-state index in [9.17, 15) is 15.0 Å². The van der Waals surface area contributed by atoms with Gasteiger partial charge >= 0.3 is 0 Å². The Balaban J connectivity index is 2.58. The topological polar surface area (TPSA) is 69.6 Å². The molecule has 0 saturated carbocycles. The standard InChI is InChI=1S/C14H20BrNO3/c1-2-3-10(4-5-15)9-16-14(19)11-6-12(17)8-13(18)7-11/h6-8,10,17-18H,2-5,9H2,1H3,(H,16,19). The van der Waals surface area contributed by atoms with E-state index in [1.54, 1.807) is 0 Å². The highest BCUT2D eigenvalue weighted by Crippen LogP contribution is 2.20. The van der Waals surface area contributed by atoms with Gasteiger partial charge in [0.05, 0.1) is 0 Å². The van der Waals surface area contributed by atoms with Crippen LogP contribution >= 0.6 is 15.9 Å². The third-order valence-electron chi connectivity index (χ3n) is 2.93. The summed E-state index contributed by atoms with van der Waals surface area (Å²) in [4.78, 5) is 11.9. The summed E-state index contributed by atoms with van der Waals surface area (Å²) in [7, 11) is 0. The zero-order valence-electron chi connectivity index (χ0n) is 11.0. The summed E-state index contributed by atoms with van der Waals surface area (Å²) in [6, 6.07) is 3.88. The first-order valence-electron chi connectivity index (χ1n) is 6.44. The summed E-state index contributed by atoms with van der Waals surface area (Å²) in [5.74, 6) is -0.0625. The fourth-order valence-electron chi connectivity index (χ4n) is 1.98. The first-order chi connectivity index (χ1) is 9.06. The Hall–Kier alpha value is -1.23. The second kappa shape index (κ2) is 8.04. The van der Waals surface area contributed by atoms with Gasteiger partial charge in [-0.3, -0.25) is 4.79 Å².